The minimum atomic E-state index is -0.702. The second-order valence-electron chi connectivity index (χ2n) is 5.26. The number of primary amides is 1. The number of carbonyl (C=O) groups is 1. The number of hydrogen-bond donors (Lipinski definition) is 2. The minimum Gasteiger partial charge on any atom is -0.493 e. The molecule has 3 rings (SSSR count). The fourth-order valence-corrected chi connectivity index (χ4v) is 2.71. The van der Waals surface area contributed by atoms with Crippen molar-refractivity contribution in [3.05, 3.63) is 57.7 Å². The van der Waals surface area contributed by atoms with Gasteiger partial charge in [-0.3, -0.25) is 4.79 Å². The highest BCUT2D eigenvalue weighted by Crippen LogP contribution is 2.38. The predicted octanol–water partition coefficient (Wildman–Crippen LogP) is 3.47. The molecule has 1 aromatic heterocycles. The topological polar surface area (TPSA) is 103 Å². The molecule has 0 saturated carbocycles. The van der Waals surface area contributed by atoms with Crippen LogP contribution < -0.4 is 15.2 Å². The van der Waals surface area contributed by atoms with Crippen molar-refractivity contribution in [3.63, 3.8) is 0 Å². The number of nitrogens with zero attached hydrogens (tertiary/aromatic N) is 2. The summed E-state index contributed by atoms with van der Waals surface area (Å²) < 4.78 is 11.3. The van der Waals surface area contributed by atoms with Crippen molar-refractivity contribution in [2.45, 2.75) is 6.61 Å². The SMILES string of the molecule is COc1cccc(-c2n[nH]nc2C(N)=O)c1OCc1ccc(Cl)c(Cl)c1. The van der Waals surface area contributed by atoms with Crippen LogP contribution >= 0.6 is 23.2 Å². The number of para-hydroxylation sites is 1. The van der Waals surface area contributed by atoms with E-state index < -0.39 is 5.91 Å². The van der Waals surface area contributed by atoms with Crippen LogP contribution in [0, 0.1) is 0 Å². The van der Waals surface area contributed by atoms with E-state index in [1.807, 2.05) is 0 Å². The van der Waals surface area contributed by atoms with Crippen molar-refractivity contribution >= 4 is 29.1 Å². The van der Waals surface area contributed by atoms with E-state index in [9.17, 15) is 4.79 Å². The van der Waals surface area contributed by atoms with Gasteiger partial charge < -0.3 is 15.2 Å². The summed E-state index contributed by atoms with van der Waals surface area (Å²) in [7, 11) is 1.52. The number of benzene rings is 2. The van der Waals surface area contributed by atoms with Crippen LogP contribution in [0.1, 0.15) is 16.1 Å². The number of ether oxygens (including phenoxy) is 2. The Bertz CT molecular complexity index is 959. The number of amides is 1. The van der Waals surface area contributed by atoms with Gasteiger partial charge in [0.2, 0.25) is 0 Å². The quantitative estimate of drug-likeness (QED) is 0.668. The molecule has 0 bridgehead atoms. The Morgan fingerprint density at radius 3 is 2.69 bits per heavy atom. The molecule has 0 radical (unpaired) electrons. The first-order valence-electron chi connectivity index (χ1n) is 7.46. The maximum absolute atomic E-state index is 11.6. The number of hydrogen-bond acceptors (Lipinski definition) is 5. The van der Waals surface area contributed by atoms with E-state index in [0.717, 1.165) is 5.56 Å². The third-order valence-corrected chi connectivity index (χ3v) is 4.34. The van der Waals surface area contributed by atoms with E-state index in [-0.39, 0.29) is 18.0 Å². The summed E-state index contributed by atoms with van der Waals surface area (Å²) in [6, 6.07) is 10.4. The van der Waals surface area contributed by atoms with E-state index in [0.29, 0.717) is 27.1 Å². The fourth-order valence-electron chi connectivity index (χ4n) is 2.39. The number of halogens is 2. The second-order valence-corrected chi connectivity index (χ2v) is 6.07. The molecule has 0 saturated heterocycles. The number of methoxy groups -OCH3 is 1. The summed E-state index contributed by atoms with van der Waals surface area (Å²) in [5.74, 6) is 0.172. The molecule has 0 atom stereocenters. The van der Waals surface area contributed by atoms with Gasteiger partial charge in [-0.25, -0.2) is 0 Å². The van der Waals surface area contributed by atoms with E-state index >= 15 is 0 Å². The first kappa shape index (κ1) is 18.0. The standard InChI is InChI=1S/C17H14Cl2N4O3/c1-25-13-4-2-3-10(14-15(17(20)24)22-23-21-14)16(13)26-8-9-5-6-11(18)12(19)7-9/h2-7H,8H2,1H3,(H2,20,24)(H,21,22,23). The van der Waals surface area contributed by atoms with E-state index in [1.165, 1.54) is 7.11 Å². The molecule has 3 aromatic rings. The van der Waals surface area contributed by atoms with Crippen LogP contribution in [-0.2, 0) is 6.61 Å². The zero-order valence-corrected chi connectivity index (χ0v) is 15.1. The van der Waals surface area contributed by atoms with Gasteiger partial charge >= 0.3 is 0 Å². The van der Waals surface area contributed by atoms with Gasteiger partial charge in [0.05, 0.1) is 22.7 Å². The lowest BCUT2D eigenvalue weighted by molar-refractivity contribution is 0.0996. The van der Waals surface area contributed by atoms with Gasteiger partial charge in [-0.05, 0) is 29.8 Å². The highest BCUT2D eigenvalue weighted by atomic mass is 35.5. The molecule has 134 valence electrons. The van der Waals surface area contributed by atoms with Crippen LogP contribution in [0.2, 0.25) is 10.0 Å². The van der Waals surface area contributed by atoms with Gasteiger partial charge in [0, 0.05) is 0 Å². The fraction of sp³-hybridized carbons (Fsp3) is 0.118. The lowest BCUT2D eigenvalue weighted by Crippen LogP contribution is -2.13. The molecule has 1 heterocycles. The lowest BCUT2D eigenvalue weighted by Gasteiger charge is -2.14. The van der Waals surface area contributed by atoms with Crippen LogP contribution in [0.3, 0.4) is 0 Å². The monoisotopic (exact) mass is 392 g/mol. The number of nitrogens with two attached hydrogens (primary N) is 1. The third kappa shape index (κ3) is 3.58. The van der Waals surface area contributed by atoms with E-state index in [2.05, 4.69) is 15.4 Å². The Balaban J connectivity index is 1.98. The maximum Gasteiger partial charge on any atom is 0.271 e. The van der Waals surface area contributed by atoms with Crippen LogP contribution in [0.15, 0.2) is 36.4 Å². The molecule has 2 aromatic carbocycles. The average molecular weight is 393 g/mol. The molecule has 3 N–H and O–H groups in total. The Hall–Kier alpha value is -2.77. The lowest BCUT2D eigenvalue weighted by atomic mass is 10.1. The highest BCUT2D eigenvalue weighted by Gasteiger charge is 2.21. The molecule has 0 unspecified atom stereocenters. The molecule has 0 fully saturated rings. The summed E-state index contributed by atoms with van der Waals surface area (Å²) >= 11 is 12.0. The van der Waals surface area contributed by atoms with Crippen LogP contribution in [0.25, 0.3) is 11.3 Å². The molecule has 9 heteroatoms. The van der Waals surface area contributed by atoms with Crippen molar-refractivity contribution in [1.29, 1.82) is 0 Å². The van der Waals surface area contributed by atoms with Gasteiger partial charge in [-0.2, -0.15) is 15.4 Å². The Morgan fingerprint density at radius 1 is 1.19 bits per heavy atom. The molecule has 26 heavy (non-hydrogen) atoms. The molecular formula is C17H14Cl2N4O3. The predicted molar refractivity (Wildman–Crippen MR) is 97.7 cm³/mol. The van der Waals surface area contributed by atoms with Gasteiger partial charge in [-0.1, -0.05) is 35.3 Å². The first-order valence-corrected chi connectivity index (χ1v) is 8.21. The van der Waals surface area contributed by atoms with E-state index in [4.69, 9.17) is 38.4 Å². The summed E-state index contributed by atoms with van der Waals surface area (Å²) in [4.78, 5) is 11.6. The smallest absolute Gasteiger partial charge is 0.271 e. The van der Waals surface area contributed by atoms with Crippen molar-refractivity contribution in [2.75, 3.05) is 7.11 Å². The second kappa shape index (κ2) is 7.63. The zero-order chi connectivity index (χ0) is 18.7. The number of nitrogens with one attached hydrogen (secondary N) is 1. The minimum absolute atomic E-state index is 0.0117. The molecule has 7 nitrogen and oxygen atoms in total. The number of rotatable bonds is 6. The number of H-pyrrole nitrogens is 1. The molecule has 0 spiro atoms. The first-order chi connectivity index (χ1) is 12.5. The Kier molecular flexibility index (Phi) is 5.29. The van der Waals surface area contributed by atoms with Crippen LogP contribution in [0.5, 0.6) is 11.5 Å². The maximum atomic E-state index is 11.6. The summed E-state index contributed by atoms with van der Waals surface area (Å²) in [5, 5.41) is 11.1. The van der Waals surface area contributed by atoms with Gasteiger partial charge in [-0.15, -0.1) is 0 Å². The average Bonchev–Trinajstić information content (AvgIpc) is 3.12. The Labute approximate surface area is 159 Å². The van der Waals surface area contributed by atoms with Crippen molar-refractivity contribution in [3.8, 4) is 22.8 Å². The van der Waals surface area contributed by atoms with Gasteiger partial charge in [0.25, 0.3) is 5.91 Å². The number of carbonyl (C=O) groups excluding carboxylic acids is 1. The summed E-state index contributed by atoms with van der Waals surface area (Å²) in [5.41, 5.74) is 6.97. The van der Waals surface area contributed by atoms with Crippen molar-refractivity contribution in [1.82, 2.24) is 15.4 Å². The largest absolute Gasteiger partial charge is 0.493 e. The van der Waals surface area contributed by atoms with E-state index in [1.54, 1.807) is 36.4 Å². The third-order valence-electron chi connectivity index (χ3n) is 3.60. The molecule has 0 aliphatic rings. The molecule has 0 aliphatic carbocycles. The summed E-state index contributed by atoms with van der Waals surface area (Å²) in [6.07, 6.45) is 0. The van der Waals surface area contributed by atoms with Gasteiger partial charge in [0.15, 0.2) is 17.2 Å². The van der Waals surface area contributed by atoms with Crippen LogP contribution in [0.4, 0.5) is 0 Å². The Morgan fingerprint density at radius 2 is 2.00 bits per heavy atom. The van der Waals surface area contributed by atoms with Crippen molar-refractivity contribution < 1.29 is 14.3 Å². The van der Waals surface area contributed by atoms with Crippen molar-refractivity contribution in [2.24, 2.45) is 5.73 Å². The molecule has 1 amide bonds. The highest BCUT2D eigenvalue weighted by molar-refractivity contribution is 6.42. The van der Waals surface area contributed by atoms with Gasteiger partial charge in [0.1, 0.15) is 12.3 Å². The zero-order valence-electron chi connectivity index (χ0n) is 13.6. The van der Waals surface area contributed by atoms with Crippen LogP contribution in [-0.4, -0.2) is 28.4 Å². The normalized spacial score (nSPS) is 10.6. The molecular weight excluding hydrogens is 379 g/mol. The molecule has 0 aliphatic heterocycles. The number of aromatic nitrogens is 3. The summed E-state index contributed by atoms with van der Waals surface area (Å²) in [6.45, 7) is 0.202. The number of aromatic amines is 1.